The van der Waals surface area contributed by atoms with Gasteiger partial charge in [0.15, 0.2) is 5.82 Å². The molecule has 1 aromatic heterocycles. The third-order valence-electron chi connectivity index (χ3n) is 5.73. The van der Waals surface area contributed by atoms with E-state index in [2.05, 4.69) is 24.2 Å². The van der Waals surface area contributed by atoms with E-state index in [-0.39, 0.29) is 35.9 Å². The van der Waals surface area contributed by atoms with Gasteiger partial charge in [-0.1, -0.05) is 24.3 Å². The van der Waals surface area contributed by atoms with Crippen LogP contribution in [-0.4, -0.2) is 33.8 Å². The first kappa shape index (κ1) is 14.8. The number of hydrogen-bond donors (Lipinski definition) is 0. The van der Waals surface area contributed by atoms with Crippen LogP contribution in [0, 0.1) is 18.8 Å². The van der Waals surface area contributed by atoms with Gasteiger partial charge in [-0.25, -0.2) is 4.90 Å². The van der Waals surface area contributed by atoms with Crippen molar-refractivity contribution in [3.8, 4) is 0 Å². The maximum atomic E-state index is 12.8. The van der Waals surface area contributed by atoms with Crippen molar-refractivity contribution in [2.24, 2.45) is 11.8 Å². The lowest BCUT2D eigenvalue weighted by atomic mass is 9.81. The molecule has 0 unspecified atom stereocenters. The van der Waals surface area contributed by atoms with E-state index in [4.69, 9.17) is 4.74 Å². The molecule has 2 amide bonds. The summed E-state index contributed by atoms with van der Waals surface area (Å²) < 4.78 is 7.54. The molecule has 0 spiro atoms. The SMILES string of the molecule is Cc1ccccc1Cn1ccc(N2C(=O)[C@@H]3[C@H](C2=O)[C@@H]2CC[C@@H]3O2)n1. The Hall–Kier alpha value is -2.47. The van der Waals surface area contributed by atoms with Crippen LogP contribution in [0.4, 0.5) is 5.82 Å². The summed E-state index contributed by atoms with van der Waals surface area (Å²) in [6.07, 6.45) is 3.39. The minimum absolute atomic E-state index is 0.0921. The molecule has 0 radical (unpaired) electrons. The number of imide groups is 1. The van der Waals surface area contributed by atoms with Crippen LogP contribution in [0.15, 0.2) is 36.5 Å². The summed E-state index contributed by atoms with van der Waals surface area (Å²) in [5.41, 5.74) is 2.36. The number of carbonyl (C=O) groups is 2. The summed E-state index contributed by atoms with van der Waals surface area (Å²) >= 11 is 0. The van der Waals surface area contributed by atoms with E-state index < -0.39 is 0 Å². The first-order valence-electron chi connectivity index (χ1n) is 8.75. The van der Waals surface area contributed by atoms with Crippen LogP contribution in [0.25, 0.3) is 0 Å². The number of ether oxygens (including phenoxy) is 1. The average Bonchev–Trinajstić information content (AvgIpc) is 3.35. The van der Waals surface area contributed by atoms with Crippen molar-refractivity contribution in [1.29, 1.82) is 0 Å². The maximum Gasteiger partial charge on any atom is 0.241 e. The fourth-order valence-corrected chi connectivity index (χ4v) is 4.46. The van der Waals surface area contributed by atoms with Gasteiger partial charge in [-0.15, -0.1) is 0 Å². The highest BCUT2D eigenvalue weighted by atomic mass is 16.5. The molecular formula is C19H19N3O3. The lowest BCUT2D eigenvalue weighted by Gasteiger charge is -2.15. The quantitative estimate of drug-likeness (QED) is 0.803. The standard InChI is InChI=1S/C19H19N3O3/c1-11-4-2-3-5-12(11)10-21-9-8-15(20-21)22-18(23)16-13-6-7-14(25-13)17(16)19(22)24/h2-5,8-9,13-14,16-17H,6-7,10H2,1H3/t13-,14-,16-,17+/m0/s1. The molecule has 3 fully saturated rings. The number of hydrogen-bond acceptors (Lipinski definition) is 4. The van der Waals surface area contributed by atoms with Gasteiger partial charge in [-0.2, -0.15) is 5.10 Å². The predicted octanol–water partition coefficient (Wildman–Crippen LogP) is 1.91. The third-order valence-corrected chi connectivity index (χ3v) is 5.73. The molecule has 128 valence electrons. The van der Waals surface area contributed by atoms with Gasteiger partial charge >= 0.3 is 0 Å². The zero-order chi connectivity index (χ0) is 17.1. The fraction of sp³-hybridized carbons (Fsp3) is 0.421. The van der Waals surface area contributed by atoms with Crippen LogP contribution in [0.3, 0.4) is 0 Å². The fourth-order valence-electron chi connectivity index (χ4n) is 4.46. The summed E-state index contributed by atoms with van der Waals surface area (Å²) in [6.45, 7) is 2.67. The molecule has 25 heavy (non-hydrogen) atoms. The Balaban J connectivity index is 1.41. The van der Waals surface area contributed by atoms with Crippen LogP contribution in [0.1, 0.15) is 24.0 Å². The molecule has 6 heteroatoms. The number of aryl methyl sites for hydroxylation is 1. The first-order valence-corrected chi connectivity index (χ1v) is 8.75. The van der Waals surface area contributed by atoms with E-state index >= 15 is 0 Å². The zero-order valence-electron chi connectivity index (χ0n) is 14.0. The van der Waals surface area contributed by atoms with Crippen LogP contribution < -0.4 is 4.90 Å². The molecule has 3 aliphatic heterocycles. The average molecular weight is 337 g/mol. The molecule has 0 saturated carbocycles. The molecule has 3 saturated heterocycles. The number of nitrogens with zero attached hydrogens (tertiary/aromatic N) is 3. The Bertz CT molecular complexity index is 846. The number of anilines is 1. The molecule has 6 nitrogen and oxygen atoms in total. The highest BCUT2D eigenvalue weighted by Crippen LogP contribution is 2.49. The topological polar surface area (TPSA) is 64.4 Å². The van der Waals surface area contributed by atoms with Crippen molar-refractivity contribution < 1.29 is 14.3 Å². The Kier molecular flexibility index (Phi) is 3.12. The lowest BCUT2D eigenvalue weighted by Crippen LogP contribution is -2.34. The summed E-state index contributed by atoms with van der Waals surface area (Å²) in [4.78, 5) is 26.8. The number of rotatable bonds is 3. The van der Waals surface area contributed by atoms with E-state index in [0.29, 0.717) is 12.4 Å². The molecule has 2 bridgehead atoms. The molecule has 3 aliphatic rings. The van der Waals surface area contributed by atoms with Crippen molar-refractivity contribution >= 4 is 17.6 Å². The number of aromatic nitrogens is 2. The van der Waals surface area contributed by atoms with Crippen LogP contribution in [0.5, 0.6) is 0 Å². The normalized spacial score (nSPS) is 30.4. The number of amides is 2. The third kappa shape index (κ3) is 2.10. The summed E-state index contributed by atoms with van der Waals surface area (Å²) in [7, 11) is 0. The second-order valence-electron chi connectivity index (χ2n) is 7.15. The van der Waals surface area contributed by atoms with Crippen LogP contribution in [-0.2, 0) is 20.9 Å². The number of carbonyl (C=O) groups excluding carboxylic acids is 2. The highest BCUT2D eigenvalue weighted by Gasteiger charge is 2.63. The molecule has 1 aromatic carbocycles. The maximum absolute atomic E-state index is 12.8. The van der Waals surface area contributed by atoms with Gasteiger partial charge in [0.25, 0.3) is 0 Å². The van der Waals surface area contributed by atoms with Crippen LogP contribution >= 0.6 is 0 Å². The molecular weight excluding hydrogens is 318 g/mol. The molecule has 4 atom stereocenters. The molecule has 5 rings (SSSR count). The Morgan fingerprint density at radius 3 is 2.44 bits per heavy atom. The van der Waals surface area contributed by atoms with Crippen molar-refractivity contribution in [1.82, 2.24) is 9.78 Å². The van der Waals surface area contributed by atoms with Gasteiger partial charge in [0.2, 0.25) is 11.8 Å². The Morgan fingerprint density at radius 1 is 1.08 bits per heavy atom. The lowest BCUT2D eigenvalue weighted by molar-refractivity contribution is -0.124. The van der Waals surface area contributed by atoms with Gasteiger partial charge in [-0.3, -0.25) is 14.3 Å². The second-order valence-corrected chi connectivity index (χ2v) is 7.15. The smallest absolute Gasteiger partial charge is 0.241 e. The van der Waals surface area contributed by atoms with E-state index in [1.54, 1.807) is 10.7 Å². The summed E-state index contributed by atoms with van der Waals surface area (Å²) in [6, 6.07) is 9.87. The van der Waals surface area contributed by atoms with Crippen molar-refractivity contribution in [2.45, 2.75) is 38.5 Å². The highest BCUT2D eigenvalue weighted by molar-refractivity contribution is 6.22. The largest absolute Gasteiger partial charge is 0.373 e. The zero-order valence-corrected chi connectivity index (χ0v) is 14.0. The van der Waals surface area contributed by atoms with Gasteiger partial charge in [0, 0.05) is 12.3 Å². The molecule has 4 heterocycles. The van der Waals surface area contributed by atoms with Crippen molar-refractivity contribution in [3.63, 3.8) is 0 Å². The van der Waals surface area contributed by atoms with Crippen molar-refractivity contribution in [2.75, 3.05) is 4.90 Å². The van der Waals surface area contributed by atoms with Gasteiger partial charge in [0.1, 0.15) is 0 Å². The summed E-state index contributed by atoms with van der Waals surface area (Å²) in [5.74, 6) is -0.496. The van der Waals surface area contributed by atoms with Gasteiger partial charge < -0.3 is 4.74 Å². The molecule has 2 aromatic rings. The van der Waals surface area contributed by atoms with E-state index in [1.165, 1.54) is 16.0 Å². The number of benzene rings is 1. The Morgan fingerprint density at radius 2 is 1.76 bits per heavy atom. The van der Waals surface area contributed by atoms with Crippen molar-refractivity contribution in [3.05, 3.63) is 47.7 Å². The van der Waals surface area contributed by atoms with Gasteiger partial charge in [-0.05, 0) is 30.9 Å². The van der Waals surface area contributed by atoms with E-state index in [9.17, 15) is 9.59 Å². The number of fused-ring (bicyclic) bond motifs is 5. The first-order chi connectivity index (χ1) is 12.1. The predicted molar refractivity (Wildman–Crippen MR) is 89.9 cm³/mol. The van der Waals surface area contributed by atoms with E-state index in [1.807, 2.05) is 18.3 Å². The van der Waals surface area contributed by atoms with Gasteiger partial charge in [0.05, 0.1) is 30.6 Å². The minimum atomic E-state index is -0.312. The summed E-state index contributed by atoms with van der Waals surface area (Å²) in [5, 5.41) is 4.49. The monoisotopic (exact) mass is 337 g/mol. The molecule has 0 aliphatic carbocycles. The Labute approximate surface area is 145 Å². The van der Waals surface area contributed by atoms with E-state index in [0.717, 1.165) is 12.8 Å². The second kappa shape index (κ2) is 5.26. The van der Waals surface area contributed by atoms with Crippen LogP contribution in [0.2, 0.25) is 0 Å². The minimum Gasteiger partial charge on any atom is -0.373 e. The molecule has 0 N–H and O–H groups in total.